The minimum absolute atomic E-state index is 0.0184. The maximum absolute atomic E-state index is 13.7. The van der Waals surface area contributed by atoms with Crippen molar-refractivity contribution in [1.82, 2.24) is 20.2 Å². The number of carboxylic acids is 1. The van der Waals surface area contributed by atoms with Crippen molar-refractivity contribution >= 4 is 28.7 Å². The molecule has 38 heavy (non-hydrogen) atoms. The number of nitrogens with zero attached hydrogens (tertiary/aromatic N) is 1. The molecule has 0 aliphatic heterocycles. The summed E-state index contributed by atoms with van der Waals surface area (Å²) in [5, 5.41) is 24.2. The lowest BCUT2D eigenvalue weighted by Gasteiger charge is -2.26. The molecule has 0 spiro atoms. The Balaban J connectivity index is 2.02. The molecule has 5 N–H and O–H groups in total. The summed E-state index contributed by atoms with van der Waals surface area (Å²) in [5.41, 5.74) is -0.440. The number of amides is 2. The Hall–Kier alpha value is -4.25. The molecular formula is C27H32N4O7. The maximum atomic E-state index is 13.7. The number of carbonyl (C=O) groups excluding carboxylic acids is 2. The Morgan fingerprint density at radius 2 is 1.55 bits per heavy atom. The number of aromatic nitrogens is 2. The van der Waals surface area contributed by atoms with Gasteiger partial charge in [0.2, 0.25) is 11.8 Å². The third kappa shape index (κ3) is 6.74. The lowest BCUT2D eigenvalue weighted by molar-refractivity contribution is -0.145. The van der Waals surface area contributed by atoms with Gasteiger partial charge >= 0.3 is 11.7 Å². The van der Waals surface area contributed by atoms with Crippen LogP contribution in [-0.2, 0) is 20.8 Å². The predicted octanol–water partition coefficient (Wildman–Crippen LogP) is 0.955. The number of benzene rings is 2. The van der Waals surface area contributed by atoms with Crippen molar-refractivity contribution < 1.29 is 24.6 Å². The Kier molecular flexibility index (Phi) is 9.19. The number of aliphatic hydroxyl groups excluding tert-OH is 1. The van der Waals surface area contributed by atoms with Crippen molar-refractivity contribution in [2.45, 2.75) is 57.8 Å². The molecule has 202 valence electrons. The quantitative estimate of drug-likeness (QED) is 0.249. The largest absolute Gasteiger partial charge is 0.480 e. The number of aliphatic hydroxyl groups is 1. The van der Waals surface area contributed by atoms with E-state index in [1.165, 1.54) is 6.92 Å². The number of aromatic amines is 1. The molecule has 11 heteroatoms. The number of para-hydroxylation sites is 1. The van der Waals surface area contributed by atoms with Gasteiger partial charge in [-0.25, -0.2) is 14.2 Å². The van der Waals surface area contributed by atoms with Gasteiger partial charge in [-0.1, -0.05) is 56.3 Å². The summed E-state index contributed by atoms with van der Waals surface area (Å²) in [6, 6.07) is 11.2. The van der Waals surface area contributed by atoms with Gasteiger partial charge in [0, 0.05) is 6.42 Å². The standard InChI is InChI=1S/C27H32N4O7/c1-15(2)13-20(23(33)30-22(16(3)32)26(36)37)28-24(34)21(14-17-9-5-4-6-10-17)31-25(35)18-11-7-8-12-19(18)29-27(31)38/h4-12,15-16,20-22,32H,13-14H2,1-3H3,(H,28,34)(H,29,38)(H,30,33)(H,36,37)/t16?,20-,21-,22-/m0/s1. The molecule has 11 nitrogen and oxygen atoms in total. The average molecular weight is 525 g/mol. The second-order valence-electron chi connectivity index (χ2n) is 9.61. The second kappa shape index (κ2) is 12.3. The minimum atomic E-state index is -1.58. The molecular weight excluding hydrogens is 492 g/mol. The Morgan fingerprint density at radius 3 is 2.16 bits per heavy atom. The topological polar surface area (TPSA) is 171 Å². The van der Waals surface area contributed by atoms with Gasteiger partial charge in [0.15, 0.2) is 6.04 Å². The molecule has 1 heterocycles. The van der Waals surface area contributed by atoms with Crippen molar-refractivity contribution in [2.75, 3.05) is 0 Å². The van der Waals surface area contributed by atoms with Gasteiger partial charge in [-0.3, -0.25) is 14.4 Å². The molecule has 1 unspecified atom stereocenters. The van der Waals surface area contributed by atoms with E-state index in [1.54, 1.807) is 54.6 Å². The van der Waals surface area contributed by atoms with Crippen LogP contribution >= 0.6 is 0 Å². The zero-order valence-corrected chi connectivity index (χ0v) is 21.4. The van der Waals surface area contributed by atoms with E-state index in [0.717, 1.165) is 4.57 Å². The smallest absolute Gasteiger partial charge is 0.329 e. The lowest BCUT2D eigenvalue weighted by Crippen LogP contribution is -2.56. The van der Waals surface area contributed by atoms with Gasteiger partial charge in [0.25, 0.3) is 5.56 Å². The molecule has 2 amide bonds. The van der Waals surface area contributed by atoms with E-state index in [0.29, 0.717) is 11.1 Å². The Bertz CT molecular complexity index is 1410. The summed E-state index contributed by atoms with van der Waals surface area (Å²) >= 11 is 0. The van der Waals surface area contributed by atoms with E-state index in [2.05, 4.69) is 15.6 Å². The molecule has 0 saturated heterocycles. The van der Waals surface area contributed by atoms with Gasteiger partial charge in [-0.15, -0.1) is 0 Å². The highest BCUT2D eigenvalue weighted by Crippen LogP contribution is 2.15. The number of H-pyrrole nitrogens is 1. The summed E-state index contributed by atoms with van der Waals surface area (Å²) in [5.74, 6) is -3.08. The highest BCUT2D eigenvalue weighted by atomic mass is 16.4. The molecule has 0 aliphatic rings. The molecule has 0 fully saturated rings. The molecule has 4 atom stereocenters. The first kappa shape index (κ1) is 28.3. The zero-order valence-electron chi connectivity index (χ0n) is 21.4. The lowest BCUT2D eigenvalue weighted by atomic mass is 10.00. The Morgan fingerprint density at radius 1 is 0.921 bits per heavy atom. The number of carbonyl (C=O) groups is 3. The van der Waals surface area contributed by atoms with Crippen molar-refractivity contribution in [1.29, 1.82) is 0 Å². The van der Waals surface area contributed by atoms with Crippen LogP contribution in [-0.4, -0.2) is 55.7 Å². The molecule has 0 radical (unpaired) electrons. The van der Waals surface area contributed by atoms with Crippen LogP contribution in [0.15, 0.2) is 64.2 Å². The summed E-state index contributed by atoms with van der Waals surface area (Å²) in [7, 11) is 0. The van der Waals surface area contributed by atoms with Crippen molar-refractivity contribution in [2.24, 2.45) is 5.92 Å². The van der Waals surface area contributed by atoms with Crippen molar-refractivity contribution in [3.8, 4) is 0 Å². The van der Waals surface area contributed by atoms with E-state index < -0.39 is 53.3 Å². The van der Waals surface area contributed by atoms with Gasteiger partial charge < -0.3 is 25.8 Å². The van der Waals surface area contributed by atoms with Crippen LogP contribution in [0.4, 0.5) is 0 Å². The first-order valence-electron chi connectivity index (χ1n) is 12.3. The van der Waals surface area contributed by atoms with Crippen LogP contribution in [0, 0.1) is 5.92 Å². The minimum Gasteiger partial charge on any atom is -0.480 e. The van der Waals surface area contributed by atoms with Crippen LogP contribution in [0.3, 0.4) is 0 Å². The highest BCUT2D eigenvalue weighted by Gasteiger charge is 2.33. The van der Waals surface area contributed by atoms with Crippen LogP contribution < -0.4 is 21.9 Å². The Labute approximate surface area is 218 Å². The molecule has 3 rings (SSSR count). The van der Waals surface area contributed by atoms with E-state index in [-0.39, 0.29) is 24.1 Å². The highest BCUT2D eigenvalue weighted by molar-refractivity contribution is 5.91. The van der Waals surface area contributed by atoms with E-state index in [9.17, 15) is 34.2 Å². The summed E-state index contributed by atoms with van der Waals surface area (Å²) in [6.07, 6.45) is -1.26. The number of nitrogens with one attached hydrogen (secondary N) is 3. The number of fused-ring (bicyclic) bond motifs is 1. The summed E-state index contributed by atoms with van der Waals surface area (Å²) in [6.45, 7) is 4.86. The van der Waals surface area contributed by atoms with Crippen LogP contribution in [0.1, 0.15) is 38.8 Å². The fourth-order valence-corrected chi connectivity index (χ4v) is 4.21. The molecule has 0 saturated carbocycles. The SMILES string of the molecule is CC(C)C[C@H](NC(=O)[C@H](Cc1ccccc1)n1c(=O)[nH]c2ccccc2c1=O)C(=O)N[C@H](C(=O)O)C(C)O. The molecule has 2 aromatic carbocycles. The molecule has 3 aromatic rings. The van der Waals surface area contributed by atoms with E-state index in [4.69, 9.17) is 0 Å². The van der Waals surface area contributed by atoms with Crippen molar-refractivity contribution in [3.05, 3.63) is 81.0 Å². The number of rotatable bonds is 11. The van der Waals surface area contributed by atoms with Gasteiger partial charge in [0.05, 0.1) is 17.0 Å². The monoisotopic (exact) mass is 524 g/mol. The maximum Gasteiger partial charge on any atom is 0.329 e. The number of carboxylic acid groups (broad SMARTS) is 1. The third-order valence-corrected chi connectivity index (χ3v) is 6.11. The number of hydrogen-bond acceptors (Lipinski definition) is 6. The molecule has 0 aliphatic carbocycles. The molecule has 1 aromatic heterocycles. The first-order valence-corrected chi connectivity index (χ1v) is 12.3. The van der Waals surface area contributed by atoms with Crippen LogP contribution in [0.5, 0.6) is 0 Å². The number of hydrogen-bond donors (Lipinski definition) is 5. The normalized spacial score (nSPS) is 14.4. The van der Waals surface area contributed by atoms with Gasteiger partial charge in [-0.2, -0.15) is 0 Å². The van der Waals surface area contributed by atoms with E-state index in [1.807, 2.05) is 13.8 Å². The average Bonchev–Trinajstić information content (AvgIpc) is 2.86. The van der Waals surface area contributed by atoms with E-state index >= 15 is 0 Å². The predicted molar refractivity (Wildman–Crippen MR) is 141 cm³/mol. The zero-order chi connectivity index (χ0) is 28.0. The third-order valence-electron chi connectivity index (χ3n) is 6.11. The summed E-state index contributed by atoms with van der Waals surface area (Å²) in [4.78, 5) is 67.2. The van der Waals surface area contributed by atoms with Crippen molar-refractivity contribution in [3.63, 3.8) is 0 Å². The van der Waals surface area contributed by atoms with Gasteiger partial charge in [0.1, 0.15) is 12.1 Å². The van der Waals surface area contributed by atoms with Gasteiger partial charge in [-0.05, 0) is 37.0 Å². The number of aliphatic carboxylic acids is 1. The molecule has 0 bridgehead atoms. The fourth-order valence-electron chi connectivity index (χ4n) is 4.21. The second-order valence-corrected chi connectivity index (χ2v) is 9.61. The summed E-state index contributed by atoms with van der Waals surface area (Å²) < 4.78 is 0.838. The van der Waals surface area contributed by atoms with Crippen LogP contribution in [0.25, 0.3) is 10.9 Å². The fraction of sp³-hybridized carbons (Fsp3) is 0.370. The van der Waals surface area contributed by atoms with Crippen LogP contribution in [0.2, 0.25) is 0 Å². The first-order chi connectivity index (χ1) is 18.0.